The van der Waals surface area contributed by atoms with Crippen LogP contribution in [0.2, 0.25) is 10.0 Å². The standard InChI is InChI=1S/C15H18Cl2N2/c1-10-7-13(17)15(8-12(10)16)19-14-6-4-2-3-5-11(14)9-18/h7-8,11,14,19H,2-6H2,1H3. The average molecular weight is 297 g/mol. The zero-order valence-electron chi connectivity index (χ0n) is 11.0. The first-order valence-electron chi connectivity index (χ1n) is 6.73. The van der Waals surface area contributed by atoms with Crippen LogP contribution in [-0.4, -0.2) is 6.04 Å². The molecule has 0 amide bonds. The van der Waals surface area contributed by atoms with E-state index in [1.54, 1.807) is 0 Å². The van der Waals surface area contributed by atoms with Gasteiger partial charge in [0.25, 0.3) is 0 Å². The van der Waals surface area contributed by atoms with Crippen LogP contribution in [0.15, 0.2) is 12.1 Å². The van der Waals surface area contributed by atoms with Crippen LogP contribution in [0.1, 0.15) is 37.7 Å². The molecule has 1 N–H and O–H groups in total. The van der Waals surface area contributed by atoms with Crippen LogP contribution in [0.3, 0.4) is 0 Å². The molecule has 19 heavy (non-hydrogen) atoms. The van der Waals surface area contributed by atoms with E-state index in [9.17, 15) is 5.26 Å². The second kappa shape index (κ2) is 6.50. The lowest BCUT2D eigenvalue weighted by molar-refractivity contribution is 0.514. The number of benzene rings is 1. The lowest BCUT2D eigenvalue weighted by atomic mass is 9.96. The maximum Gasteiger partial charge on any atom is 0.0677 e. The van der Waals surface area contributed by atoms with E-state index in [4.69, 9.17) is 23.2 Å². The van der Waals surface area contributed by atoms with Crippen molar-refractivity contribution >= 4 is 28.9 Å². The van der Waals surface area contributed by atoms with Crippen LogP contribution >= 0.6 is 23.2 Å². The highest BCUT2D eigenvalue weighted by atomic mass is 35.5. The number of halogens is 2. The van der Waals surface area contributed by atoms with Gasteiger partial charge in [-0.1, -0.05) is 42.5 Å². The summed E-state index contributed by atoms with van der Waals surface area (Å²) in [5.74, 6) is 0.0543. The Bertz CT molecular complexity index is 494. The molecule has 2 unspecified atom stereocenters. The third-order valence-electron chi connectivity index (χ3n) is 3.77. The smallest absolute Gasteiger partial charge is 0.0677 e. The van der Waals surface area contributed by atoms with E-state index >= 15 is 0 Å². The molecular formula is C15H18Cl2N2. The molecule has 0 bridgehead atoms. The molecular weight excluding hydrogens is 279 g/mol. The van der Waals surface area contributed by atoms with Gasteiger partial charge in [-0.15, -0.1) is 0 Å². The zero-order chi connectivity index (χ0) is 13.8. The number of hydrogen-bond acceptors (Lipinski definition) is 2. The van der Waals surface area contributed by atoms with Crippen LogP contribution < -0.4 is 5.32 Å². The number of nitrogens with zero attached hydrogens (tertiary/aromatic N) is 1. The number of nitrogens with one attached hydrogen (secondary N) is 1. The van der Waals surface area contributed by atoms with Crippen molar-refractivity contribution in [2.45, 2.75) is 45.1 Å². The molecule has 4 heteroatoms. The molecule has 1 aromatic carbocycles. The second-order valence-electron chi connectivity index (χ2n) is 5.21. The molecule has 102 valence electrons. The first-order valence-corrected chi connectivity index (χ1v) is 7.49. The number of anilines is 1. The summed E-state index contributed by atoms with van der Waals surface area (Å²) in [4.78, 5) is 0. The zero-order valence-corrected chi connectivity index (χ0v) is 12.6. The van der Waals surface area contributed by atoms with Gasteiger partial charge in [-0.25, -0.2) is 0 Å². The summed E-state index contributed by atoms with van der Waals surface area (Å²) in [6.07, 6.45) is 5.48. The monoisotopic (exact) mass is 296 g/mol. The summed E-state index contributed by atoms with van der Waals surface area (Å²) < 4.78 is 0. The van der Waals surface area contributed by atoms with Gasteiger partial charge in [0.1, 0.15) is 0 Å². The number of hydrogen-bond donors (Lipinski definition) is 1. The van der Waals surface area contributed by atoms with Gasteiger partial charge in [0.05, 0.1) is 22.7 Å². The fraction of sp³-hybridized carbons (Fsp3) is 0.533. The summed E-state index contributed by atoms with van der Waals surface area (Å²) >= 11 is 12.4. The van der Waals surface area contributed by atoms with Crippen LogP contribution in [0.5, 0.6) is 0 Å². The maximum atomic E-state index is 9.28. The number of aryl methyl sites for hydroxylation is 1. The summed E-state index contributed by atoms with van der Waals surface area (Å²) in [7, 11) is 0. The quantitative estimate of drug-likeness (QED) is 0.763. The van der Waals surface area contributed by atoms with E-state index < -0.39 is 0 Å². The molecule has 0 aliphatic heterocycles. The molecule has 1 aliphatic carbocycles. The highest BCUT2D eigenvalue weighted by Crippen LogP contribution is 2.32. The lowest BCUT2D eigenvalue weighted by Gasteiger charge is -2.23. The lowest BCUT2D eigenvalue weighted by Crippen LogP contribution is -2.27. The van der Waals surface area contributed by atoms with Crippen LogP contribution in [0, 0.1) is 24.2 Å². The molecule has 0 radical (unpaired) electrons. The fourth-order valence-electron chi connectivity index (χ4n) is 2.59. The Morgan fingerprint density at radius 2 is 1.89 bits per heavy atom. The Morgan fingerprint density at radius 1 is 1.16 bits per heavy atom. The van der Waals surface area contributed by atoms with Crippen LogP contribution in [0.25, 0.3) is 0 Å². The molecule has 1 saturated carbocycles. The number of rotatable bonds is 2. The van der Waals surface area contributed by atoms with Gasteiger partial charge in [0.2, 0.25) is 0 Å². The Kier molecular flexibility index (Phi) is 4.96. The van der Waals surface area contributed by atoms with Crippen molar-refractivity contribution in [2.24, 2.45) is 5.92 Å². The van der Waals surface area contributed by atoms with E-state index in [-0.39, 0.29) is 12.0 Å². The van der Waals surface area contributed by atoms with Crippen molar-refractivity contribution in [3.05, 3.63) is 27.7 Å². The van der Waals surface area contributed by atoms with Crippen molar-refractivity contribution < 1.29 is 0 Å². The second-order valence-corrected chi connectivity index (χ2v) is 6.02. The summed E-state index contributed by atoms with van der Waals surface area (Å²) in [5, 5.41) is 14.1. The Morgan fingerprint density at radius 3 is 2.63 bits per heavy atom. The molecule has 0 heterocycles. The Balaban J connectivity index is 2.19. The van der Waals surface area contributed by atoms with Gasteiger partial charge >= 0.3 is 0 Å². The molecule has 2 nitrogen and oxygen atoms in total. The predicted molar refractivity (Wildman–Crippen MR) is 80.8 cm³/mol. The summed E-state index contributed by atoms with van der Waals surface area (Å²) in [6.45, 7) is 1.93. The first kappa shape index (κ1) is 14.5. The van der Waals surface area contributed by atoms with Crippen molar-refractivity contribution in [3.8, 4) is 6.07 Å². The van der Waals surface area contributed by atoms with E-state index in [0.717, 1.165) is 36.9 Å². The average Bonchev–Trinajstić information content (AvgIpc) is 2.61. The van der Waals surface area contributed by atoms with Gasteiger partial charge in [-0.2, -0.15) is 5.26 Å². The van der Waals surface area contributed by atoms with E-state index in [0.29, 0.717) is 10.0 Å². The molecule has 0 spiro atoms. The Labute approximate surface area is 124 Å². The van der Waals surface area contributed by atoms with Crippen LogP contribution in [0.4, 0.5) is 5.69 Å². The van der Waals surface area contributed by atoms with Crippen LogP contribution in [-0.2, 0) is 0 Å². The van der Waals surface area contributed by atoms with Crippen molar-refractivity contribution in [1.82, 2.24) is 0 Å². The Hall–Kier alpha value is -0.910. The normalized spacial score (nSPS) is 23.5. The van der Waals surface area contributed by atoms with Crippen molar-refractivity contribution in [2.75, 3.05) is 5.32 Å². The highest BCUT2D eigenvalue weighted by molar-refractivity contribution is 6.35. The van der Waals surface area contributed by atoms with Gasteiger partial charge in [-0.05, 0) is 37.5 Å². The molecule has 2 atom stereocenters. The minimum absolute atomic E-state index is 0.0543. The molecule has 1 aromatic rings. The van der Waals surface area contributed by atoms with E-state index in [1.165, 1.54) is 6.42 Å². The van der Waals surface area contributed by atoms with Crippen molar-refractivity contribution in [1.29, 1.82) is 5.26 Å². The molecule has 2 rings (SSSR count). The summed E-state index contributed by atoms with van der Waals surface area (Å²) in [5.41, 5.74) is 1.80. The molecule has 1 aliphatic rings. The fourth-order valence-corrected chi connectivity index (χ4v) is 3.03. The minimum atomic E-state index is 0.0543. The van der Waals surface area contributed by atoms with Gasteiger partial charge in [0.15, 0.2) is 0 Å². The SMILES string of the molecule is Cc1cc(Cl)c(NC2CCCCCC2C#N)cc1Cl. The van der Waals surface area contributed by atoms with Gasteiger partial charge < -0.3 is 5.32 Å². The van der Waals surface area contributed by atoms with E-state index in [1.807, 2.05) is 19.1 Å². The van der Waals surface area contributed by atoms with Gasteiger partial charge in [-0.3, -0.25) is 0 Å². The highest BCUT2D eigenvalue weighted by Gasteiger charge is 2.24. The topological polar surface area (TPSA) is 35.8 Å². The molecule has 0 aromatic heterocycles. The third-order valence-corrected chi connectivity index (χ3v) is 4.49. The minimum Gasteiger partial charge on any atom is -0.380 e. The number of nitriles is 1. The summed E-state index contributed by atoms with van der Waals surface area (Å²) in [6, 6.07) is 6.32. The largest absolute Gasteiger partial charge is 0.380 e. The van der Waals surface area contributed by atoms with Gasteiger partial charge in [0, 0.05) is 11.1 Å². The van der Waals surface area contributed by atoms with E-state index in [2.05, 4.69) is 11.4 Å². The third kappa shape index (κ3) is 3.55. The predicted octanol–water partition coefficient (Wildman–Crippen LogP) is 5.19. The first-order chi connectivity index (χ1) is 9.11. The molecule has 0 saturated heterocycles. The van der Waals surface area contributed by atoms with Crippen molar-refractivity contribution in [3.63, 3.8) is 0 Å². The molecule has 1 fully saturated rings. The maximum absolute atomic E-state index is 9.28.